The molecule has 0 saturated heterocycles. The van der Waals surface area contributed by atoms with Crippen LogP contribution in [0.3, 0.4) is 0 Å². The van der Waals surface area contributed by atoms with Gasteiger partial charge in [-0.1, -0.05) is 12.3 Å². The molecule has 0 N–H and O–H groups in total. The van der Waals surface area contributed by atoms with E-state index >= 15 is 0 Å². The van der Waals surface area contributed by atoms with E-state index in [9.17, 15) is 0 Å². The molecule has 0 spiro atoms. The molecule has 2 nitrogen and oxygen atoms in total. The summed E-state index contributed by atoms with van der Waals surface area (Å²) in [4.78, 5) is 4.03. The normalized spacial score (nSPS) is 8.83. The Labute approximate surface area is 72.2 Å². The van der Waals surface area contributed by atoms with E-state index in [1.807, 2.05) is 13.0 Å². The Morgan fingerprint density at radius 1 is 1.58 bits per heavy atom. The Hall–Kier alpha value is -1.53. The second-order valence-electron chi connectivity index (χ2n) is 2.46. The zero-order valence-electron chi connectivity index (χ0n) is 7.29. The molecular weight excluding hydrogens is 150 g/mol. The van der Waals surface area contributed by atoms with E-state index in [2.05, 4.69) is 17.3 Å². The quantitative estimate of drug-likeness (QED) is 0.490. The van der Waals surface area contributed by atoms with Gasteiger partial charge in [0, 0.05) is 18.0 Å². The van der Waals surface area contributed by atoms with Crippen molar-refractivity contribution in [2.24, 2.45) is 0 Å². The fraction of sp³-hybridized carbons (Fsp3) is 0.200. The lowest BCUT2D eigenvalue weighted by atomic mass is 10.2. The molecule has 0 bridgehead atoms. The van der Waals surface area contributed by atoms with Gasteiger partial charge < -0.3 is 4.74 Å². The maximum atomic E-state index is 5.04. The van der Waals surface area contributed by atoms with Crippen molar-refractivity contribution in [2.75, 3.05) is 7.11 Å². The van der Waals surface area contributed by atoms with Gasteiger partial charge in [0.2, 0.25) is 0 Å². The van der Waals surface area contributed by atoms with Crippen molar-refractivity contribution in [3.8, 4) is 0 Å². The van der Waals surface area contributed by atoms with Crippen LogP contribution in [0.4, 0.5) is 0 Å². The first kappa shape index (κ1) is 8.57. The Bertz CT molecular complexity index is 324. The average Bonchev–Trinajstić information content (AvgIpc) is 2.07. The van der Waals surface area contributed by atoms with Crippen molar-refractivity contribution >= 4 is 5.76 Å². The molecule has 0 saturated carbocycles. The van der Waals surface area contributed by atoms with Crippen molar-refractivity contribution in [1.29, 1.82) is 0 Å². The summed E-state index contributed by atoms with van der Waals surface area (Å²) in [6.07, 6.45) is 3.52. The molecule has 0 aliphatic carbocycles. The molecule has 0 atom stereocenters. The van der Waals surface area contributed by atoms with Crippen LogP contribution in [0.5, 0.6) is 0 Å². The predicted octanol–water partition coefficient (Wildman–Crippen LogP) is 2.16. The van der Waals surface area contributed by atoms with Crippen LogP contribution < -0.4 is 0 Å². The van der Waals surface area contributed by atoms with Crippen LogP contribution in [0.1, 0.15) is 11.1 Å². The van der Waals surface area contributed by atoms with E-state index < -0.39 is 0 Å². The zero-order chi connectivity index (χ0) is 8.97. The molecule has 2 heteroatoms. The minimum atomic E-state index is 0.631. The first-order chi connectivity index (χ1) is 5.77. The van der Waals surface area contributed by atoms with E-state index in [-0.39, 0.29) is 0 Å². The first-order valence-electron chi connectivity index (χ1n) is 3.64. The standard InChI is InChI=1S/C10H11NO/c1-4-10(12-3)9-5-8(2)6-11-7-9/h5-7H,1H2,2-3H3. The molecule has 0 radical (unpaired) electrons. The van der Waals surface area contributed by atoms with Gasteiger partial charge in [-0.3, -0.25) is 4.98 Å². The smallest absolute Gasteiger partial charge is 0.170 e. The van der Waals surface area contributed by atoms with Gasteiger partial charge in [-0.05, 0) is 18.6 Å². The summed E-state index contributed by atoms with van der Waals surface area (Å²) in [6, 6.07) is 1.98. The Kier molecular flexibility index (Phi) is 2.67. The topological polar surface area (TPSA) is 22.1 Å². The van der Waals surface area contributed by atoms with Crippen molar-refractivity contribution in [1.82, 2.24) is 4.98 Å². The van der Waals surface area contributed by atoms with Crippen LogP contribution in [0, 0.1) is 6.92 Å². The van der Waals surface area contributed by atoms with Crippen LogP contribution >= 0.6 is 0 Å². The van der Waals surface area contributed by atoms with Gasteiger partial charge in [0.05, 0.1) is 7.11 Å². The van der Waals surface area contributed by atoms with Gasteiger partial charge >= 0.3 is 0 Å². The molecule has 1 aromatic rings. The fourth-order valence-electron chi connectivity index (χ4n) is 0.971. The number of methoxy groups -OCH3 is 1. The molecule has 0 aliphatic heterocycles. The highest BCUT2D eigenvalue weighted by Gasteiger charge is 1.99. The van der Waals surface area contributed by atoms with E-state index in [4.69, 9.17) is 4.74 Å². The van der Waals surface area contributed by atoms with Crippen LogP contribution in [-0.2, 0) is 4.74 Å². The molecule has 62 valence electrons. The highest BCUT2D eigenvalue weighted by Crippen LogP contribution is 2.12. The van der Waals surface area contributed by atoms with Gasteiger partial charge in [0.25, 0.3) is 0 Å². The monoisotopic (exact) mass is 161 g/mol. The van der Waals surface area contributed by atoms with Gasteiger partial charge in [-0.15, -0.1) is 0 Å². The predicted molar refractivity (Wildman–Crippen MR) is 48.5 cm³/mol. The SMILES string of the molecule is C=C=C(OC)c1cncc(C)c1. The molecule has 0 unspecified atom stereocenters. The van der Waals surface area contributed by atoms with Crippen molar-refractivity contribution in [2.45, 2.75) is 6.92 Å². The van der Waals surface area contributed by atoms with Crippen LogP contribution in [0.2, 0.25) is 0 Å². The zero-order valence-corrected chi connectivity index (χ0v) is 7.29. The van der Waals surface area contributed by atoms with Gasteiger partial charge in [-0.25, -0.2) is 0 Å². The van der Waals surface area contributed by atoms with Crippen LogP contribution in [-0.4, -0.2) is 12.1 Å². The lowest BCUT2D eigenvalue weighted by Gasteiger charge is -2.02. The summed E-state index contributed by atoms with van der Waals surface area (Å²) in [6.45, 7) is 5.50. The number of aromatic nitrogens is 1. The molecule has 0 aliphatic rings. The van der Waals surface area contributed by atoms with Crippen molar-refractivity contribution in [3.05, 3.63) is 41.9 Å². The molecule has 0 aromatic carbocycles. The number of rotatable bonds is 2. The van der Waals surface area contributed by atoms with Crippen molar-refractivity contribution in [3.63, 3.8) is 0 Å². The molecular formula is C10H11NO. The Balaban J connectivity index is 3.10. The molecule has 0 fully saturated rings. The molecule has 12 heavy (non-hydrogen) atoms. The van der Waals surface area contributed by atoms with E-state index in [1.165, 1.54) is 0 Å². The largest absolute Gasteiger partial charge is 0.489 e. The van der Waals surface area contributed by atoms with Gasteiger partial charge in [-0.2, -0.15) is 0 Å². The maximum Gasteiger partial charge on any atom is 0.170 e. The number of hydrogen-bond acceptors (Lipinski definition) is 2. The number of hydrogen-bond donors (Lipinski definition) is 0. The fourth-order valence-corrected chi connectivity index (χ4v) is 0.971. The summed E-state index contributed by atoms with van der Waals surface area (Å²) in [5.41, 5.74) is 4.70. The second-order valence-corrected chi connectivity index (χ2v) is 2.46. The highest BCUT2D eigenvalue weighted by atomic mass is 16.5. The second kappa shape index (κ2) is 3.74. The van der Waals surface area contributed by atoms with Gasteiger partial charge in [0.1, 0.15) is 0 Å². The number of ether oxygens (including phenoxy) is 1. The Morgan fingerprint density at radius 2 is 2.33 bits per heavy atom. The third-order valence-corrected chi connectivity index (χ3v) is 1.50. The first-order valence-corrected chi connectivity index (χ1v) is 3.64. The maximum absolute atomic E-state index is 5.04. The summed E-state index contributed by atoms with van der Waals surface area (Å²) < 4.78 is 5.04. The van der Waals surface area contributed by atoms with E-state index in [0.717, 1.165) is 11.1 Å². The molecule has 1 heterocycles. The lowest BCUT2D eigenvalue weighted by molar-refractivity contribution is 0.370. The van der Waals surface area contributed by atoms with Crippen LogP contribution in [0.15, 0.2) is 30.8 Å². The number of pyridine rings is 1. The third-order valence-electron chi connectivity index (χ3n) is 1.50. The highest BCUT2D eigenvalue weighted by molar-refractivity contribution is 5.58. The van der Waals surface area contributed by atoms with E-state index in [1.54, 1.807) is 19.5 Å². The summed E-state index contributed by atoms with van der Waals surface area (Å²) in [5.74, 6) is 0.631. The van der Waals surface area contributed by atoms with Crippen LogP contribution in [0.25, 0.3) is 5.76 Å². The summed E-state index contributed by atoms with van der Waals surface area (Å²) in [7, 11) is 1.59. The minimum Gasteiger partial charge on any atom is -0.489 e. The summed E-state index contributed by atoms with van der Waals surface area (Å²) >= 11 is 0. The molecule has 1 rings (SSSR count). The minimum absolute atomic E-state index is 0.631. The number of nitrogens with zero attached hydrogens (tertiary/aromatic N) is 1. The number of aryl methyl sites for hydroxylation is 1. The van der Waals surface area contributed by atoms with E-state index in [0.29, 0.717) is 5.76 Å². The molecule has 0 amide bonds. The summed E-state index contributed by atoms with van der Waals surface area (Å²) in [5, 5.41) is 0. The third kappa shape index (κ3) is 1.74. The van der Waals surface area contributed by atoms with Gasteiger partial charge in [0.15, 0.2) is 5.76 Å². The average molecular weight is 161 g/mol. The lowest BCUT2D eigenvalue weighted by Crippen LogP contribution is -1.88. The Morgan fingerprint density at radius 3 is 2.83 bits per heavy atom. The van der Waals surface area contributed by atoms with Crippen molar-refractivity contribution < 1.29 is 4.74 Å². The molecule has 1 aromatic heterocycles.